The summed E-state index contributed by atoms with van der Waals surface area (Å²) in [5, 5.41) is 9.71. The highest BCUT2D eigenvalue weighted by Gasteiger charge is 2.12. The number of rotatable bonds is 16. The van der Waals surface area contributed by atoms with Crippen LogP contribution in [0.25, 0.3) is 6.08 Å². The summed E-state index contributed by atoms with van der Waals surface area (Å²) >= 11 is 6.14. The predicted octanol–water partition coefficient (Wildman–Crippen LogP) is 5.37. The zero-order valence-corrected chi connectivity index (χ0v) is 22.4. The molecule has 10 heteroatoms. The number of unbranched alkanes of at least 4 members (excludes halogenated alkanes) is 1. The van der Waals surface area contributed by atoms with Crippen molar-refractivity contribution in [3.8, 4) is 17.2 Å². The van der Waals surface area contributed by atoms with Gasteiger partial charge in [-0.15, -0.1) is 0 Å². The summed E-state index contributed by atoms with van der Waals surface area (Å²) in [5.41, 5.74) is 1.78. The van der Waals surface area contributed by atoms with Gasteiger partial charge in [0.25, 0.3) is 0 Å². The van der Waals surface area contributed by atoms with E-state index >= 15 is 0 Å². The van der Waals surface area contributed by atoms with Crippen LogP contribution in [0.5, 0.6) is 17.2 Å². The first-order valence-corrected chi connectivity index (χ1v) is 13.9. The van der Waals surface area contributed by atoms with Crippen LogP contribution in [0.4, 0.5) is 0 Å². The molecule has 0 amide bonds. The van der Waals surface area contributed by atoms with Crippen molar-refractivity contribution in [3.05, 3.63) is 58.1 Å². The topological polar surface area (TPSA) is 108 Å². The monoisotopic (exact) mass is 540 g/mol. The minimum atomic E-state index is -3.67. The van der Waals surface area contributed by atoms with Gasteiger partial charge in [0.05, 0.1) is 31.1 Å². The maximum atomic E-state index is 11.6. The van der Waals surface area contributed by atoms with Gasteiger partial charge in [-0.3, -0.25) is 0 Å². The number of carboxylic acid groups (broad SMARTS) is 1. The van der Waals surface area contributed by atoms with Crippen molar-refractivity contribution in [2.24, 2.45) is 0 Å². The zero-order valence-electron chi connectivity index (χ0n) is 20.8. The highest BCUT2D eigenvalue weighted by molar-refractivity contribution is 7.86. The van der Waals surface area contributed by atoms with Crippen LogP contribution in [0.2, 0.25) is 5.02 Å². The quantitative estimate of drug-likeness (QED) is 0.172. The van der Waals surface area contributed by atoms with Gasteiger partial charge < -0.3 is 23.5 Å². The van der Waals surface area contributed by atoms with Crippen molar-refractivity contribution in [1.82, 2.24) is 0 Å². The fraction of sp³-hybridized carbons (Fsp3) is 0.423. The molecule has 198 valence electrons. The van der Waals surface area contributed by atoms with Gasteiger partial charge in [-0.25, -0.2) is 4.79 Å². The van der Waals surface area contributed by atoms with Gasteiger partial charge in [-0.05, 0) is 54.8 Å². The lowest BCUT2D eigenvalue weighted by molar-refractivity contribution is -0.132. The summed E-state index contributed by atoms with van der Waals surface area (Å²) in [5.74, 6) is 0.149. The Morgan fingerprint density at radius 3 is 2.36 bits per heavy atom. The summed E-state index contributed by atoms with van der Waals surface area (Å²) < 4.78 is 44.6. The summed E-state index contributed by atoms with van der Waals surface area (Å²) in [6, 6.07) is 10.2. The van der Waals surface area contributed by atoms with Gasteiger partial charge in [0.15, 0.2) is 17.2 Å². The molecule has 0 spiro atoms. The smallest absolute Gasteiger partial charge is 0.331 e. The third-order valence-electron chi connectivity index (χ3n) is 4.94. The second-order valence-electron chi connectivity index (χ2n) is 7.98. The summed E-state index contributed by atoms with van der Waals surface area (Å²) in [7, 11) is -3.67. The fourth-order valence-electron chi connectivity index (χ4n) is 3.15. The highest BCUT2D eigenvalue weighted by Crippen LogP contribution is 2.31. The molecule has 0 aliphatic rings. The van der Waals surface area contributed by atoms with E-state index in [-0.39, 0.29) is 16.3 Å². The molecule has 2 rings (SSSR count). The number of carbonyl (C=O) groups is 1. The third kappa shape index (κ3) is 10.5. The molecule has 0 aliphatic heterocycles. The van der Waals surface area contributed by atoms with Crippen LogP contribution in [0.15, 0.2) is 42.0 Å². The number of hydrogen-bond acceptors (Lipinski definition) is 7. The molecule has 0 saturated carbocycles. The van der Waals surface area contributed by atoms with Crippen LogP contribution in [-0.4, -0.2) is 52.2 Å². The molecule has 0 aromatic heterocycles. The van der Waals surface area contributed by atoms with E-state index < -0.39 is 16.1 Å². The lowest BCUT2D eigenvalue weighted by Gasteiger charge is -2.14. The molecule has 0 bridgehead atoms. The van der Waals surface area contributed by atoms with E-state index in [1.807, 2.05) is 6.92 Å². The van der Waals surface area contributed by atoms with Crippen LogP contribution >= 0.6 is 11.6 Å². The van der Waals surface area contributed by atoms with Crippen molar-refractivity contribution >= 4 is 33.8 Å². The lowest BCUT2D eigenvalue weighted by atomic mass is 10.1. The summed E-state index contributed by atoms with van der Waals surface area (Å²) in [6.07, 6.45) is 5.21. The third-order valence-corrected chi connectivity index (χ3v) is 5.72. The SMILES string of the molecule is CCCCOc1cc(/C=C(/CCOCC)C(=O)O)ccc1OCCc1ccc(OS(C)(=O)=O)c(Cl)c1. The van der Waals surface area contributed by atoms with E-state index in [4.69, 9.17) is 30.0 Å². The fourth-order valence-corrected chi connectivity index (χ4v) is 3.91. The van der Waals surface area contributed by atoms with Crippen LogP contribution in [-0.2, 0) is 26.1 Å². The number of benzene rings is 2. The number of ether oxygens (including phenoxy) is 3. The molecule has 8 nitrogen and oxygen atoms in total. The molecule has 2 aromatic carbocycles. The minimum absolute atomic E-state index is 0.0704. The normalized spacial score (nSPS) is 11.8. The predicted molar refractivity (Wildman–Crippen MR) is 140 cm³/mol. The second-order valence-corrected chi connectivity index (χ2v) is 9.96. The average molecular weight is 541 g/mol. The molecule has 0 fully saturated rings. The maximum absolute atomic E-state index is 11.6. The number of halogens is 1. The van der Waals surface area contributed by atoms with E-state index in [1.165, 1.54) is 6.07 Å². The Balaban J connectivity index is 2.13. The van der Waals surface area contributed by atoms with E-state index in [0.29, 0.717) is 56.3 Å². The second kappa shape index (κ2) is 14.7. The highest BCUT2D eigenvalue weighted by atomic mass is 35.5. The van der Waals surface area contributed by atoms with Gasteiger partial charge in [0.2, 0.25) is 0 Å². The molecule has 1 N–H and O–H groups in total. The standard InChI is InChI=1S/C26H33ClO8S/c1-4-6-13-33-25-18-20(16-21(26(28)29)12-14-32-5-2)8-10-24(25)34-15-11-19-7-9-23(22(27)17-19)35-36(3,30)31/h7-10,16-18H,4-6,11-15H2,1-3H3,(H,28,29)/b21-16-. The Kier molecular flexibility index (Phi) is 12.1. The Morgan fingerprint density at radius 2 is 1.72 bits per heavy atom. The van der Waals surface area contributed by atoms with Gasteiger partial charge in [-0.1, -0.05) is 37.1 Å². The van der Waals surface area contributed by atoms with Gasteiger partial charge in [0.1, 0.15) is 0 Å². The molecule has 0 heterocycles. The van der Waals surface area contributed by atoms with Gasteiger partial charge >= 0.3 is 16.1 Å². The lowest BCUT2D eigenvalue weighted by Crippen LogP contribution is -2.07. The summed E-state index contributed by atoms with van der Waals surface area (Å²) in [6.45, 7) is 5.61. The number of carboxylic acids is 1. The van der Waals surface area contributed by atoms with E-state index in [0.717, 1.165) is 24.7 Å². The molecule has 2 aromatic rings. The molecule has 0 unspecified atom stereocenters. The molecule has 0 saturated heterocycles. The van der Waals surface area contributed by atoms with Crippen molar-refractivity contribution in [2.75, 3.05) is 32.7 Å². The van der Waals surface area contributed by atoms with Crippen LogP contribution in [0.1, 0.15) is 44.2 Å². The van der Waals surface area contributed by atoms with Crippen LogP contribution in [0.3, 0.4) is 0 Å². The molecule has 0 atom stereocenters. The van der Waals surface area contributed by atoms with E-state index in [2.05, 4.69) is 6.92 Å². The number of aliphatic carboxylic acids is 1. The Hall–Kier alpha value is -2.75. The zero-order chi connectivity index (χ0) is 26.6. The first kappa shape index (κ1) is 29.5. The Bertz CT molecular complexity index is 1140. The molecular weight excluding hydrogens is 508 g/mol. The largest absolute Gasteiger partial charge is 0.490 e. The summed E-state index contributed by atoms with van der Waals surface area (Å²) in [4.78, 5) is 11.6. The molecule has 0 aliphatic carbocycles. The van der Waals surface area contributed by atoms with Gasteiger partial charge in [0, 0.05) is 25.0 Å². The van der Waals surface area contributed by atoms with Crippen molar-refractivity contribution < 1.29 is 36.7 Å². The first-order chi connectivity index (χ1) is 17.1. The molecule has 36 heavy (non-hydrogen) atoms. The van der Waals surface area contributed by atoms with Crippen molar-refractivity contribution in [2.45, 2.75) is 39.5 Å². The van der Waals surface area contributed by atoms with Crippen molar-refractivity contribution in [3.63, 3.8) is 0 Å². The van der Waals surface area contributed by atoms with Crippen LogP contribution in [0, 0.1) is 0 Å². The van der Waals surface area contributed by atoms with Crippen molar-refractivity contribution in [1.29, 1.82) is 0 Å². The van der Waals surface area contributed by atoms with E-state index in [1.54, 1.807) is 36.4 Å². The van der Waals surface area contributed by atoms with E-state index in [9.17, 15) is 18.3 Å². The average Bonchev–Trinajstić information content (AvgIpc) is 2.80. The molecular formula is C26H33ClO8S. The number of hydrogen-bond donors (Lipinski definition) is 1. The Labute approximate surface area is 217 Å². The minimum Gasteiger partial charge on any atom is -0.490 e. The maximum Gasteiger partial charge on any atom is 0.331 e. The van der Waals surface area contributed by atoms with Crippen LogP contribution < -0.4 is 13.7 Å². The Morgan fingerprint density at radius 1 is 1.00 bits per heavy atom. The molecule has 0 radical (unpaired) electrons. The van der Waals surface area contributed by atoms with Gasteiger partial charge in [-0.2, -0.15) is 8.42 Å². The first-order valence-electron chi connectivity index (χ1n) is 11.7.